The van der Waals surface area contributed by atoms with Crippen molar-refractivity contribution in [1.82, 2.24) is 9.13 Å². The topological polar surface area (TPSA) is 16.3 Å². The molecule has 0 bridgehead atoms. The Bertz CT molecular complexity index is 3590. The summed E-state index contributed by atoms with van der Waals surface area (Å²) >= 11 is 0. The Morgan fingerprint density at radius 3 is 0.930 bits per heavy atom. The number of aromatic nitrogens is 2. The standard InChI is InChI=1S/C66H59BN4/c1-64(2,3)42-26-30-45(31-27-42)68-59-40-47(70-55-22-14-10-18-49(55)50-19-11-15-23-56(50)70)34-36-53(59)67-54-37-35-48(71-57-24-16-12-20-51(57)52-21-13-17-25-58(52)71)41-60(54)69(46-32-28-43(29-33-46)65(4,5)6)62-39-44(66(7,8)9)38-61(68)63(62)67/h10-41H,1-9H3. The Balaban J connectivity index is 1.13. The van der Waals surface area contributed by atoms with Crippen LogP contribution in [0.5, 0.6) is 0 Å². The van der Waals surface area contributed by atoms with Gasteiger partial charge in [0.15, 0.2) is 0 Å². The predicted molar refractivity (Wildman–Crippen MR) is 305 cm³/mol. The predicted octanol–water partition coefficient (Wildman–Crippen LogP) is 15.9. The van der Waals surface area contributed by atoms with Crippen LogP contribution in [-0.2, 0) is 16.2 Å². The molecule has 0 atom stereocenters. The molecule has 11 aromatic rings. The second-order valence-corrected chi connectivity index (χ2v) is 23.1. The van der Waals surface area contributed by atoms with Gasteiger partial charge in [-0.15, -0.1) is 0 Å². The normalized spacial score (nSPS) is 13.6. The van der Waals surface area contributed by atoms with E-state index in [0.717, 1.165) is 22.7 Å². The highest BCUT2D eigenvalue weighted by molar-refractivity contribution is 7.00. The van der Waals surface area contributed by atoms with Crippen LogP contribution in [0.4, 0.5) is 34.1 Å². The second kappa shape index (κ2) is 15.4. The molecule has 5 heteroatoms. The van der Waals surface area contributed by atoms with Crippen LogP contribution in [0.1, 0.15) is 79.0 Å². The van der Waals surface area contributed by atoms with Gasteiger partial charge in [0.05, 0.1) is 22.1 Å². The molecule has 0 amide bonds. The Kier molecular flexibility index (Phi) is 9.37. The lowest BCUT2D eigenvalue weighted by Crippen LogP contribution is -2.61. The van der Waals surface area contributed by atoms with Gasteiger partial charge in [-0.2, -0.15) is 0 Å². The van der Waals surface area contributed by atoms with E-state index in [-0.39, 0.29) is 23.0 Å². The van der Waals surface area contributed by atoms with Crippen LogP contribution < -0.4 is 26.2 Å². The van der Waals surface area contributed by atoms with Crippen LogP contribution in [0, 0.1) is 0 Å². The average Bonchev–Trinajstić information content (AvgIpc) is 3.88. The maximum Gasteiger partial charge on any atom is 0.252 e. The summed E-state index contributed by atoms with van der Waals surface area (Å²) in [6.45, 7) is 20.8. The summed E-state index contributed by atoms with van der Waals surface area (Å²) < 4.78 is 4.93. The molecule has 0 fully saturated rings. The van der Waals surface area contributed by atoms with Gasteiger partial charge in [-0.3, -0.25) is 0 Å². The van der Waals surface area contributed by atoms with Crippen LogP contribution in [0.15, 0.2) is 194 Å². The molecule has 2 aliphatic rings. The van der Waals surface area contributed by atoms with Gasteiger partial charge in [-0.1, -0.05) is 172 Å². The third-order valence-corrected chi connectivity index (χ3v) is 15.6. The molecule has 0 aliphatic carbocycles. The third kappa shape index (κ3) is 6.66. The molecule has 13 rings (SSSR count). The number of nitrogens with zero attached hydrogens (tertiary/aromatic N) is 4. The highest BCUT2D eigenvalue weighted by Gasteiger charge is 2.44. The van der Waals surface area contributed by atoms with Gasteiger partial charge in [0.2, 0.25) is 0 Å². The van der Waals surface area contributed by atoms with Crippen molar-refractivity contribution in [2.24, 2.45) is 0 Å². The molecule has 71 heavy (non-hydrogen) atoms. The van der Waals surface area contributed by atoms with E-state index in [4.69, 9.17) is 0 Å². The zero-order chi connectivity index (χ0) is 48.7. The molecule has 4 heterocycles. The van der Waals surface area contributed by atoms with E-state index in [2.05, 4.69) is 275 Å². The van der Waals surface area contributed by atoms with Crippen molar-refractivity contribution in [3.63, 3.8) is 0 Å². The fourth-order valence-corrected chi connectivity index (χ4v) is 11.9. The molecule has 4 nitrogen and oxygen atoms in total. The third-order valence-electron chi connectivity index (χ3n) is 15.6. The monoisotopic (exact) mass is 918 g/mol. The molecule has 0 saturated heterocycles. The van der Waals surface area contributed by atoms with Crippen molar-refractivity contribution < 1.29 is 0 Å². The van der Waals surface area contributed by atoms with Gasteiger partial charge in [0.25, 0.3) is 6.71 Å². The van der Waals surface area contributed by atoms with E-state index < -0.39 is 0 Å². The first-order valence-electron chi connectivity index (χ1n) is 25.4. The van der Waals surface area contributed by atoms with E-state index in [1.165, 1.54) is 99.4 Å². The fourth-order valence-electron chi connectivity index (χ4n) is 11.9. The smallest absolute Gasteiger partial charge is 0.252 e. The highest BCUT2D eigenvalue weighted by atomic mass is 15.2. The van der Waals surface area contributed by atoms with Gasteiger partial charge < -0.3 is 18.9 Å². The van der Waals surface area contributed by atoms with E-state index in [9.17, 15) is 0 Å². The summed E-state index contributed by atoms with van der Waals surface area (Å²) in [5.41, 5.74) is 22.0. The maximum absolute atomic E-state index is 2.59. The second-order valence-electron chi connectivity index (χ2n) is 23.1. The first-order valence-corrected chi connectivity index (χ1v) is 25.4. The number of anilines is 6. The Labute approximate surface area is 418 Å². The molecule has 0 unspecified atom stereocenters. The summed E-state index contributed by atoms with van der Waals surface area (Å²) in [6.07, 6.45) is 0. The van der Waals surface area contributed by atoms with Gasteiger partial charge >= 0.3 is 0 Å². The molecular formula is C66H59BN4. The molecule has 0 N–H and O–H groups in total. The molecular weight excluding hydrogens is 860 g/mol. The first kappa shape index (κ1) is 43.3. The summed E-state index contributed by atoms with van der Waals surface area (Å²) in [7, 11) is 0. The van der Waals surface area contributed by atoms with Gasteiger partial charge in [-0.05, 0) is 134 Å². The Hall–Kier alpha value is -7.76. The van der Waals surface area contributed by atoms with E-state index in [1.54, 1.807) is 0 Å². The Morgan fingerprint density at radius 2 is 0.606 bits per heavy atom. The van der Waals surface area contributed by atoms with Crippen LogP contribution in [0.3, 0.4) is 0 Å². The zero-order valence-electron chi connectivity index (χ0n) is 42.3. The van der Waals surface area contributed by atoms with Gasteiger partial charge in [-0.25, -0.2) is 0 Å². The van der Waals surface area contributed by atoms with Crippen LogP contribution in [-0.4, -0.2) is 15.8 Å². The number of rotatable bonds is 4. The van der Waals surface area contributed by atoms with Crippen molar-refractivity contribution in [3.8, 4) is 11.4 Å². The van der Waals surface area contributed by atoms with E-state index >= 15 is 0 Å². The number of hydrogen-bond acceptors (Lipinski definition) is 2. The number of hydrogen-bond donors (Lipinski definition) is 0. The maximum atomic E-state index is 2.59. The molecule has 2 aromatic heterocycles. The lowest BCUT2D eigenvalue weighted by Gasteiger charge is -2.45. The van der Waals surface area contributed by atoms with Crippen molar-refractivity contribution in [2.45, 2.75) is 78.6 Å². The summed E-state index contributed by atoms with van der Waals surface area (Å²) in [5.74, 6) is 0. The highest BCUT2D eigenvalue weighted by Crippen LogP contribution is 2.48. The number of benzene rings is 9. The molecule has 2 aliphatic heterocycles. The number of fused-ring (bicyclic) bond motifs is 10. The zero-order valence-corrected chi connectivity index (χ0v) is 42.3. The van der Waals surface area contributed by atoms with Crippen molar-refractivity contribution >= 4 is 101 Å². The lowest BCUT2D eigenvalue weighted by molar-refractivity contribution is 0.590. The van der Waals surface area contributed by atoms with Crippen molar-refractivity contribution in [3.05, 3.63) is 211 Å². The summed E-state index contributed by atoms with van der Waals surface area (Å²) in [4.78, 5) is 5.17. The summed E-state index contributed by atoms with van der Waals surface area (Å²) in [6, 6.07) is 73.8. The largest absolute Gasteiger partial charge is 0.311 e. The molecule has 0 saturated carbocycles. The van der Waals surface area contributed by atoms with Crippen LogP contribution in [0.25, 0.3) is 55.0 Å². The van der Waals surface area contributed by atoms with Gasteiger partial charge in [0.1, 0.15) is 0 Å². The minimum atomic E-state index is -0.152. The minimum Gasteiger partial charge on any atom is -0.311 e. The molecule has 9 aromatic carbocycles. The fraction of sp³-hybridized carbons (Fsp3) is 0.182. The van der Waals surface area contributed by atoms with Crippen LogP contribution >= 0.6 is 0 Å². The lowest BCUT2D eigenvalue weighted by atomic mass is 9.33. The Morgan fingerprint density at radius 1 is 0.296 bits per heavy atom. The minimum absolute atomic E-state index is 0.0171. The number of para-hydroxylation sites is 4. The molecule has 0 radical (unpaired) electrons. The van der Waals surface area contributed by atoms with Crippen molar-refractivity contribution in [1.29, 1.82) is 0 Å². The summed E-state index contributed by atoms with van der Waals surface area (Å²) in [5, 5.41) is 5.04. The van der Waals surface area contributed by atoms with E-state index in [1.807, 2.05) is 0 Å². The average molecular weight is 919 g/mol. The van der Waals surface area contributed by atoms with Crippen molar-refractivity contribution in [2.75, 3.05) is 9.80 Å². The first-order chi connectivity index (χ1) is 34.1. The molecule has 346 valence electrons. The SMILES string of the molecule is CC(C)(C)c1ccc(N2c3cc(-n4c5ccccc5c5ccccc54)ccc3B3c4ccc(-n5c6ccccc6c6ccccc65)cc4N(c4ccc(C(C)(C)C)cc4)c4cc(C(C)(C)C)cc2c43)cc1. The quantitative estimate of drug-likeness (QED) is 0.164. The van der Waals surface area contributed by atoms with E-state index in [0.29, 0.717) is 0 Å². The van der Waals surface area contributed by atoms with Gasteiger partial charge in [0, 0.05) is 67.0 Å². The van der Waals surface area contributed by atoms with Crippen LogP contribution in [0.2, 0.25) is 0 Å². The molecule has 0 spiro atoms.